The predicted molar refractivity (Wildman–Crippen MR) is 73.4 cm³/mol. The number of carbonyl (C=O) groups excluding carboxylic acids is 1. The fourth-order valence-corrected chi connectivity index (χ4v) is 2.87. The van der Waals surface area contributed by atoms with E-state index in [9.17, 15) is 13.6 Å². The Morgan fingerprint density at radius 2 is 1.95 bits per heavy atom. The largest absolute Gasteiger partial charge is 0.352 e. The second kappa shape index (κ2) is 6.46. The summed E-state index contributed by atoms with van der Waals surface area (Å²) in [5.41, 5.74) is -0.228. The summed E-state index contributed by atoms with van der Waals surface area (Å²) >= 11 is 3.57. The lowest BCUT2D eigenvalue weighted by Crippen LogP contribution is -2.32. The molecular formula is C14H16BrF2NO. The SMILES string of the molecule is O=C(NCC1CCC(Br)CC1)c1cccc(F)c1F. The average Bonchev–Trinajstić information content (AvgIpc) is 2.41. The summed E-state index contributed by atoms with van der Waals surface area (Å²) < 4.78 is 26.4. The number of benzene rings is 1. The van der Waals surface area contributed by atoms with Gasteiger partial charge < -0.3 is 5.32 Å². The predicted octanol–water partition coefficient (Wildman–Crippen LogP) is 3.65. The summed E-state index contributed by atoms with van der Waals surface area (Å²) in [6.07, 6.45) is 4.27. The van der Waals surface area contributed by atoms with Crippen molar-refractivity contribution in [1.29, 1.82) is 0 Å². The molecule has 19 heavy (non-hydrogen) atoms. The van der Waals surface area contributed by atoms with Crippen molar-refractivity contribution in [3.8, 4) is 0 Å². The average molecular weight is 332 g/mol. The van der Waals surface area contributed by atoms with E-state index in [1.807, 2.05) is 0 Å². The minimum atomic E-state index is -1.08. The standard InChI is InChI=1S/C14H16BrF2NO/c15-10-6-4-9(5-7-10)8-18-14(19)11-2-1-3-12(16)13(11)17/h1-3,9-10H,4-8H2,(H,18,19). The number of amides is 1. The molecule has 1 aliphatic rings. The van der Waals surface area contributed by atoms with Gasteiger partial charge in [-0.05, 0) is 43.7 Å². The molecular weight excluding hydrogens is 316 g/mol. The number of carbonyl (C=O) groups is 1. The number of alkyl halides is 1. The molecule has 0 bridgehead atoms. The summed E-state index contributed by atoms with van der Waals surface area (Å²) in [5, 5.41) is 2.69. The number of nitrogens with one attached hydrogen (secondary N) is 1. The first-order valence-corrected chi connectivity index (χ1v) is 7.35. The lowest BCUT2D eigenvalue weighted by atomic mass is 9.89. The first-order chi connectivity index (χ1) is 9.08. The van der Waals surface area contributed by atoms with Crippen LogP contribution in [-0.2, 0) is 0 Å². The highest BCUT2D eigenvalue weighted by Crippen LogP contribution is 2.28. The molecule has 104 valence electrons. The van der Waals surface area contributed by atoms with Gasteiger partial charge >= 0.3 is 0 Å². The molecule has 1 amide bonds. The van der Waals surface area contributed by atoms with Gasteiger partial charge in [0.2, 0.25) is 0 Å². The molecule has 0 aromatic heterocycles. The van der Waals surface area contributed by atoms with Crippen molar-refractivity contribution in [3.63, 3.8) is 0 Å². The third-order valence-electron chi connectivity index (χ3n) is 3.52. The van der Waals surface area contributed by atoms with Crippen LogP contribution in [0.15, 0.2) is 18.2 Å². The molecule has 0 atom stereocenters. The zero-order valence-corrected chi connectivity index (χ0v) is 12.1. The van der Waals surface area contributed by atoms with E-state index >= 15 is 0 Å². The van der Waals surface area contributed by atoms with Crippen molar-refractivity contribution in [2.24, 2.45) is 5.92 Å². The quantitative estimate of drug-likeness (QED) is 0.841. The molecule has 2 rings (SSSR count). The molecule has 1 saturated carbocycles. The molecule has 1 aromatic carbocycles. The van der Waals surface area contributed by atoms with E-state index in [2.05, 4.69) is 21.2 Å². The summed E-state index contributed by atoms with van der Waals surface area (Å²) in [4.78, 5) is 12.4. The second-order valence-electron chi connectivity index (χ2n) is 4.93. The lowest BCUT2D eigenvalue weighted by Gasteiger charge is -2.25. The van der Waals surface area contributed by atoms with Crippen LogP contribution in [0.25, 0.3) is 0 Å². The smallest absolute Gasteiger partial charge is 0.254 e. The van der Waals surface area contributed by atoms with Crippen LogP contribution in [0.1, 0.15) is 36.0 Å². The highest BCUT2D eigenvalue weighted by molar-refractivity contribution is 9.09. The lowest BCUT2D eigenvalue weighted by molar-refractivity contribution is 0.0938. The van der Waals surface area contributed by atoms with E-state index < -0.39 is 17.5 Å². The van der Waals surface area contributed by atoms with Crippen LogP contribution >= 0.6 is 15.9 Å². The molecule has 1 aliphatic carbocycles. The Morgan fingerprint density at radius 1 is 1.26 bits per heavy atom. The van der Waals surface area contributed by atoms with Crippen molar-refractivity contribution in [2.45, 2.75) is 30.5 Å². The number of halogens is 3. The normalized spacial score (nSPS) is 23.1. The first-order valence-electron chi connectivity index (χ1n) is 6.44. The van der Waals surface area contributed by atoms with Gasteiger partial charge in [-0.2, -0.15) is 0 Å². The third-order valence-corrected chi connectivity index (χ3v) is 4.44. The van der Waals surface area contributed by atoms with E-state index in [1.54, 1.807) is 0 Å². The number of hydrogen-bond acceptors (Lipinski definition) is 1. The van der Waals surface area contributed by atoms with Crippen molar-refractivity contribution < 1.29 is 13.6 Å². The molecule has 1 N–H and O–H groups in total. The van der Waals surface area contributed by atoms with Gasteiger partial charge in [0.1, 0.15) is 0 Å². The first kappa shape index (κ1) is 14.4. The van der Waals surface area contributed by atoms with Gasteiger partial charge in [0, 0.05) is 11.4 Å². The van der Waals surface area contributed by atoms with Gasteiger partial charge in [0.25, 0.3) is 5.91 Å². The Hall–Kier alpha value is -0.970. The Bertz CT molecular complexity index is 459. The van der Waals surface area contributed by atoms with Gasteiger partial charge in [-0.15, -0.1) is 0 Å². The third kappa shape index (κ3) is 3.75. The molecule has 1 fully saturated rings. The molecule has 0 saturated heterocycles. The summed E-state index contributed by atoms with van der Waals surface area (Å²) in [5.74, 6) is -2.19. The van der Waals surface area contributed by atoms with Crippen molar-refractivity contribution in [2.75, 3.05) is 6.54 Å². The maximum atomic E-state index is 13.4. The maximum Gasteiger partial charge on any atom is 0.254 e. The van der Waals surface area contributed by atoms with Crippen molar-refractivity contribution >= 4 is 21.8 Å². The second-order valence-corrected chi connectivity index (χ2v) is 6.22. The van der Waals surface area contributed by atoms with Crippen molar-refractivity contribution in [3.05, 3.63) is 35.4 Å². The zero-order chi connectivity index (χ0) is 13.8. The molecule has 1 aromatic rings. The van der Waals surface area contributed by atoms with E-state index in [-0.39, 0.29) is 5.56 Å². The Kier molecular flexibility index (Phi) is 4.91. The minimum absolute atomic E-state index is 0.228. The van der Waals surface area contributed by atoms with Gasteiger partial charge in [-0.3, -0.25) is 4.79 Å². The maximum absolute atomic E-state index is 13.4. The van der Waals surface area contributed by atoms with Crippen LogP contribution < -0.4 is 5.32 Å². The van der Waals surface area contributed by atoms with Crippen LogP contribution in [0, 0.1) is 17.6 Å². The highest BCUT2D eigenvalue weighted by Gasteiger charge is 2.21. The molecule has 5 heteroatoms. The van der Waals surface area contributed by atoms with Crippen LogP contribution in [0.2, 0.25) is 0 Å². The Morgan fingerprint density at radius 3 is 2.63 bits per heavy atom. The van der Waals surface area contributed by atoms with Crippen LogP contribution in [0.3, 0.4) is 0 Å². The Labute approximate surface area is 119 Å². The van der Waals surface area contributed by atoms with Gasteiger partial charge in [0.05, 0.1) is 5.56 Å². The highest BCUT2D eigenvalue weighted by atomic mass is 79.9. The molecule has 2 nitrogen and oxygen atoms in total. The van der Waals surface area contributed by atoms with Crippen LogP contribution in [0.5, 0.6) is 0 Å². The van der Waals surface area contributed by atoms with Crippen LogP contribution in [-0.4, -0.2) is 17.3 Å². The van der Waals surface area contributed by atoms with Crippen molar-refractivity contribution in [1.82, 2.24) is 5.32 Å². The van der Waals surface area contributed by atoms with Gasteiger partial charge in [0.15, 0.2) is 11.6 Å². The van der Waals surface area contributed by atoms with Gasteiger partial charge in [-0.25, -0.2) is 8.78 Å². The minimum Gasteiger partial charge on any atom is -0.352 e. The van der Waals surface area contributed by atoms with E-state index in [4.69, 9.17) is 0 Å². The van der Waals surface area contributed by atoms with E-state index in [1.165, 1.54) is 12.1 Å². The van der Waals surface area contributed by atoms with Crippen LogP contribution in [0.4, 0.5) is 8.78 Å². The molecule has 0 spiro atoms. The topological polar surface area (TPSA) is 29.1 Å². The summed E-state index contributed by atoms with van der Waals surface area (Å²) in [6, 6.07) is 3.63. The molecule has 0 aliphatic heterocycles. The monoisotopic (exact) mass is 331 g/mol. The zero-order valence-electron chi connectivity index (χ0n) is 10.5. The fraction of sp³-hybridized carbons (Fsp3) is 0.500. The summed E-state index contributed by atoms with van der Waals surface area (Å²) in [6.45, 7) is 0.522. The summed E-state index contributed by atoms with van der Waals surface area (Å²) in [7, 11) is 0. The van der Waals surface area contributed by atoms with E-state index in [0.717, 1.165) is 31.7 Å². The van der Waals surface area contributed by atoms with Gasteiger partial charge in [-0.1, -0.05) is 22.0 Å². The number of hydrogen-bond donors (Lipinski definition) is 1. The fourth-order valence-electron chi connectivity index (χ4n) is 2.34. The molecule has 0 heterocycles. The van der Waals surface area contributed by atoms with E-state index in [0.29, 0.717) is 17.3 Å². The number of rotatable bonds is 3. The molecule has 0 unspecified atom stereocenters. The Balaban J connectivity index is 1.89. The molecule has 0 radical (unpaired) electrons.